The first-order valence-electron chi connectivity index (χ1n) is 7.78. The summed E-state index contributed by atoms with van der Waals surface area (Å²) in [6, 6.07) is 7.18. The average Bonchev–Trinajstić information content (AvgIpc) is 3.06. The third-order valence-corrected chi connectivity index (χ3v) is 5.02. The van der Waals surface area contributed by atoms with Crippen molar-refractivity contribution >= 4 is 15.9 Å². The maximum Gasteiger partial charge on any atom is 0.468 e. The molecule has 28 heavy (non-hydrogen) atoms. The van der Waals surface area contributed by atoms with Crippen molar-refractivity contribution < 1.29 is 35.5 Å². The average molecular weight is 418 g/mol. The van der Waals surface area contributed by atoms with E-state index in [0.717, 1.165) is 18.2 Å². The van der Waals surface area contributed by atoms with Crippen molar-refractivity contribution in [3.05, 3.63) is 59.4 Å². The lowest BCUT2D eigenvalue weighted by Crippen LogP contribution is -2.23. The lowest BCUT2D eigenvalue weighted by Gasteiger charge is -2.20. The van der Waals surface area contributed by atoms with Crippen LogP contribution in [0.4, 0.5) is 17.6 Å². The third kappa shape index (κ3) is 3.94. The first-order valence-corrected chi connectivity index (χ1v) is 9.33. The van der Waals surface area contributed by atoms with Crippen LogP contribution in [0.2, 0.25) is 0 Å². The molecule has 0 fully saturated rings. The van der Waals surface area contributed by atoms with Crippen LogP contribution in [0.5, 0.6) is 5.75 Å². The maximum absolute atomic E-state index is 14.4. The predicted octanol–water partition coefficient (Wildman–Crippen LogP) is 3.26. The maximum atomic E-state index is 14.4. The summed E-state index contributed by atoms with van der Waals surface area (Å²) in [4.78, 5) is 3.33. The Hall–Kier alpha value is -2.66. The quantitative estimate of drug-likeness (QED) is 0.772. The van der Waals surface area contributed by atoms with Gasteiger partial charge in [0.1, 0.15) is 17.6 Å². The largest absolute Gasteiger partial charge is 0.497 e. The van der Waals surface area contributed by atoms with Crippen LogP contribution in [0.15, 0.2) is 52.4 Å². The fraction of sp³-hybridized carbons (Fsp3) is 0.235. The number of halogens is 4. The summed E-state index contributed by atoms with van der Waals surface area (Å²) in [5.74, 6) is -2.13. The molecule has 0 radical (unpaired) electrons. The van der Waals surface area contributed by atoms with Gasteiger partial charge in [0.15, 0.2) is 6.10 Å². The van der Waals surface area contributed by atoms with E-state index in [-0.39, 0.29) is 21.8 Å². The van der Waals surface area contributed by atoms with Gasteiger partial charge in [-0.15, -0.1) is 0 Å². The second kappa shape index (κ2) is 7.06. The van der Waals surface area contributed by atoms with Gasteiger partial charge in [-0.1, -0.05) is 12.1 Å². The van der Waals surface area contributed by atoms with E-state index in [9.17, 15) is 26.0 Å². The van der Waals surface area contributed by atoms with E-state index in [1.165, 1.54) is 31.4 Å². The molecule has 0 saturated heterocycles. The van der Waals surface area contributed by atoms with Crippen molar-refractivity contribution in [3.63, 3.8) is 0 Å². The Morgan fingerprint density at radius 1 is 1.14 bits per heavy atom. The van der Waals surface area contributed by atoms with Crippen LogP contribution in [0, 0.1) is 5.82 Å². The Morgan fingerprint density at radius 3 is 2.29 bits per heavy atom. The van der Waals surface area contributed by atoms with E-state index in [2.05, 4.69) is 4.99 Å². The summed E-state index contributed by atoms with van der Waals surface area (Å²) in [5.41, 5.74) is 0.0520. The molecule has 2 aromatic carbocycles. The third-order valence-electron chi connectivity index (χ3n) is 4.09. The summed E-state index contributed by atoms with van der Waals surface area (Å²) in [6.07, 6.45) is -6.26. The molecule has 1 aliphatic rings. The lowest BCUT2D eigenvalue weighted by atomic mass is 9.96. The molecule has 0 saturated carbocycles. The number of hydrogen-bond acceptors (Lipinski definition) is 5. The van der Waals surface area contributed by atoms with Gasteiger partial charge in [-0.3, -0.25) is 0 Å². The monoisotopic (exact) mass is 418 g/mol. The number of sulfonamides is 1. The van der Waals surface area contributed by atoms with Gasteiger partial charge in [0, 0.05) is 11.6 Å². The standard InChI is InChI=1S/C17H14F4N2O4S/c1-26-10-4-7-12(13(18)8-10)15-14(23-16(27-15)17(19,20)21)9-2-5-11(6-3-9)28(22,24)25/h2-8,14-15H,1H3,(H2,22,24,25). The first kappa shape index (κ1) is 20.1. The molecule has 1 heterocycles. The number of rotatable bonds is 4. The van der Waals surface area contributed by atoms with Gasteiger partial charge in [0.25, 0.3) is 5.90 Å². The van der Waals surface area contributed by atoms with Crippen molar-refractivity contribution in [2.24, 2.45) is 10.1 Å². The Balaban J connectivity index is 2.04. The zero-order valence-electron chi connectivity index (χ0n) is 14.3. The highest BCUT2D eigenvalue weighted by Gasteiger charge is 2.47. The molecule has 2 unspecified atom stereocenters. The number of aliphatic imine (C=N–C) groups is 1. The van der Waals surface area contributed by atoms with Crippen LogP contribution in [-0.4, -0.2) is 27.6 Å². The van der Waals surface area contributed by atoms with E-state index in [4.69, 9.17) is 14.6 Å². The van der Waals surface area contributed by atoms with Gasteiger partial charge in [-0.2, -0.15) is 13.2 Å². The molecule has 2 atom stereocenters. The molecule has 0 amide bonds. The Kier molecular flexibility index (Phi) is 5.06. The molecule has 150 valence electrons. The Labute approximate surface area is 157 Å². The number of ether oxygens (including phenoxy) is 2. The summed E-state index contributed by atoms with van der Waals surface area (Å²) < 4.78 is 86.3. The van der Waals surface area contributed by atoms with Crippen LogP contribution in [0.25, 0.3) is 0 Å². The van der Waals surface area contributed by atoms with Gasteiger partial charge in [-0.05, 0) is 29.8 Å². The highest BCUT2D eigenvalue weighted by atomic mass is 32.2. The molecule has 0 spiro atoms. The minimum absolute atomic E-state index is 0.149. The molecule has 0 aromatic heterocycles. The molecular weight excluding hydrogens is 404 g/mol. The van der Waals surface area contributed by atoms with Crippen molar-refractivity contribution in [1.82, 2.24) is 0 Å². The molecule has 0 aliphatic carbocycles. The SMILES string of the molecule is COc1ccc(C2OC(C(F)(F)F)=NC2c2ccc(S(N)(=O)=O)cc2)c(F)c1. The van der Waals surface area contributed by atoms with Crippen LogP contribution in [0.3, 0.4) is 0 Å². The molecule has 2 N–H and O–H groups in total. The second-order valence-electron chi connectivity index (χ2n) is 5.92. The minimum Gasteiger partial charge on any atom is -0.497 e. The normalized spacial score (nSPS) is 19.9. The Morgan fingerprint density at radius 2 is 1.79 bits per heavy atom. The molecule has 3 rings (SSSR count). The highest BCUT2D eigenvalue weighted by molar-refractivity contribution is 7.89. The van der Waals surface area contributed by atoms with Gasteiger partial charge < -0.3 is 9.47 Å². The van der Waals surface area contributed by atoms with E-state index in [1.54, 1.807) is 0 Å². The van der Waals surface area contributed by atoms with E-state index >= 15 is 0 Å². The highest BCUT2D eigenvalue weighted by Crippen LogP contribution is 2.44. The van der Waals surface area contributed by atoms with E-state index in [0.29, 0.717) is 0 Å². The van der Waals surface area contributed by atoms with Crippen molar-refractivity contribution in [3.8, 4) is 5.75 Å². The molecule has 11 heteroatoms. The van der Waals surface area contributed by atoms with E-state index in [1.807, 2.05) is 0 Å². The number of alkyl halides is 3. The van der Waals surface area contributed by atoms with Gasteiger partial charge in [0.2, 0.25) is 10.0 Å². The number of primary sulfonamides is 1. The zero-order chi connectivity index (χ0) is 20.7. The van der Waals surface area contributed by atoms with Crippen molar-refractivity contribution in [2.75, 3.05) is 7.11 Å². The summed E-state index contributed by atoms with van der Waals surface area (Å²) in [7, 11) is -2.66. The summed E-state index contributed by atoms with van der Waals surface area (Å²) in [6.45, 7) is 0. The van der Waals surface area contributed by atoms with Crippen molar-refractivity contribution in [2.45, 2.75) is 23.2 Å². The smallest absolute Gasteiger partial charge is 0.468 e. The number of hydrogen-bond donors (Lipinski definition) is 1. The summed E-state index contributed by atoms with van der Waals surface area (Å²) in [5, 5.41) is 5.01. The molecule has 2 aromatic rings. The summed E-state index contributed by atoms with van der Waals surface area (Å²) >= 11 is 0. The van der Waals surface area contributed by atoms with Crippen LogP contribution >= 0.6 is 0 Å². The number of methoxy groups -OCH3 is 1. The number of nitrogens with zero attached hydrogens (tertiary/aromatic N) is 1. The lowest BCUT2D eigenvalue weighted by molar-refractivity contribution is -0.0795. The van der Waals surface area contributed by atoms with Gasteiger partial charge >= 0.3 is 6.18 Å². The first-order chi connectivity index (χ1) is 13.0. The van der Waals surface area contributed by atoms with Gasteiger partial charge in [-0.25, -0.2) is 22.9 Å². The number of nitrogens with two attached hydrogens (primary N) is 1. The predicted molar refractivity (Wildman–Crippen MR) is 90.8 cm³/mol. The zero-order valence-corrected chi connectivity index (χ0v) is 15.1. The number of benzene rings is 2. The Bertz CT molecular complexity index is 1020. The minimum atomic E-state index is -4.86. The fourth-order valence-corrected chi connectivity index (χ4v) is 3.27. The molecular formula is C17H14F4N2O4S. The van der Waals surface area contributed by atoms with Gasteiger partial charge in [0.05, 0.1) is 12.0 Å². The van der Waals surface area contributed by atoms with Crippen LogP contribution < -0.4 is 9.88 Å². The second-order valence-corrected chi connectivity index (χ2v) is 7.48. The van der Waals surface area contributed by atoms with E-state index < -0.39 is 40.1 Å². The molecule has 6 nitrogen and oxygen atoms in total. The molecule has 0 bridgehead atoms. The van der Waals surface area contributed by atoms with Crippen LogP contribution in [-0.2, 0) is 14.8 Å². The fourth-order valence-electron chi connectivity index (χ4n) is 2.75. The molecule has 1 aliphatic heterocycles. The topological polar surface area (TPSA) is 91.0 Å². The van der Waals surface area contributed by atoms with Crippen molar-refractivity contribution in [1.29, 1.82) is 0 Å². The van der Waals surface area contributed by atoms with Crippen LogP contribution in [0.1, 0.15) is 23.3 Å².